The number of amides is 1. The summed E-state index contributed by atoms with van der Waals surface area (Å²) < 4.78 is 57.0. The second-order valence-electron chi connectivity index (χ2n) is 9.94. The summed E-state index contributed by atoms with van der Waals surface area (Å²) in [6.45, 7) is 2.03. The van der Waals surface area contributed by atoms with Crippen LogP contribution in [0.4, 0.5) is 17.1 Å². The maximum absolute atomic E-state index is 13.2. The molecule has 0 spiro atoms. The van der Waals surface area contributed by atoms with E-state index in [1.807, 2.05) is 6.92 Å². The summed E-state index contributed by atoms with van der Waals surface area (Å²) in [4.78, 5) is 16.7. The van der Waals surface area contributed by atoms with Crippen LogP contribution in [-0.2, 0) is 24.8 Å². The number of amidine groups is 1. The molecule has 1 saturated heterocycles. The van der Waals surface area contributed by atoms with E-state index in [2.05, 4.69) is 19.9 Å². The van der Waals surface area contributed by atoms with Gasteiger partial charge in [-0.2, -0.15) is 0 Å². The first-order valence-electron chi connectivity index (χ1n) is 12.5. The highest BCUT2D eigenvalue weighted by Crippen LogP contribution is 2.36. The van der Waals surface area contributed by atoms with Crippen molar-refractivity contribution in [1.29, 1.82) is 0 Å². The summed E-state index contributed by atoms with van der Waals surface area (Å²) in [6.07, 6.45) is 1.33. The van der Waals surface area contributed by atoms with Crippen LogP contribution in [-0.4, -0.2) is 34.6 Å². The van der Waals surface area contributed by atoms with Crippen molar-refractivity contribution in [2.45, 2.75) is 42.0 Å². The summed E-state index contributed by atoms with van der Waals surface area (Å²) in [7, 11) is -8.10. The van der Waals surface area contributed by atoms with Crippen LogP contribution in [0.3, 0.4) is 0 Å². The molecule has 1 aliphatic carbocycles. The Labute approximate surface area is 263 Å². The molecule has 16 heteroatoms. The SMILES string of the molecule is CC1CC(NS(=O)(=O)c2cccc(S(=O)(=O)Nc3ccc(Cl)c(N=C4CC(=O)N(c5cc(Cl)c(Cl)cc5Cl)N4)c3)c2)C1. The van der Waals surface area contributed by atoms with E-state index in [-0.39, 0.29) is 71.1 Å². The molecule has 0 radical (unpaired) electrons. The maximum atomic E-state index is 13.2. The van der Waals surface area contributed by atoms with Crippen molar-refractivity contribution in [3.63, 3.8) is 0 Å². The average molecular weight is 691 g/mol. The molecule has 1 amide bonds. The molecule has 1 aliphatic heterocycles. The van der Waals surface area contributed by atoms with Gasteiger partial charge in [0.1, 0.15) is 5.84 Å². The van der Waals surface area contributed by atoms with E-state index in [1.165, 1.54) is 53.5 Å². The second-order valence-corrected chi connectivity index (χ2v) is 15.0. The predicted molar refractivity (Wildman–Crippen MR) is 165 cm³/mol. The largest absolute Gasteiger partial charge is 0.280 e. The number of hydrazine groups is 1. The van der Waals surface area contributed by atoms with Crippen LogP contribution >= 0.6 is 46.4 Å². The Morgan fingerprint density at radius 3 is 2.21 bits per heavy atom. The van der Waals surface area contributed by atoms with Crippen molar-refractivity contribution < 1.29 is 21.6 Å². The van der Waals surface area contributed by atoms with Gasteiger partial charge in [-0.1, -0.05) is 59.4 Å². The highest BCUT2D eigenvalue weighted by molar-refractivity contribution is 7.93. The summed E-state index contributed by atoms with van der Waals surface area (Å²) in [6, 6.07) is 12.0. The molecule has 10 nitrogen and oxygen atoms in total. The van der Waals surface area contributed by atoms with Crippen molar-refractivity contribution in [3.05, 3.63) is 74.7 Å². The smallest absolute Gasteiger partial charge is 0.261 e. The third-order valence-corrected chi connectivity index (χ3v) is 10.9. The van der Waals surface area contributed by atoms with Gasteiger partial charge in [0.2, 0.25) is 10.0 Å². The number of sulfonamides is 2. The second kappa shape index (κ2) is 11.8. The summed E-state index contributed by atoms with van der Waals surface area (Å²) in [5, 5.41) is 1.98. The fourth-order valence-electron chi connectivity index (χ4n) is 4.51. The average Bonchev–Trinajstić information content (AvgIpc) is 3.26. The number of carbonyl (C=O) groups is 1. The molecule has 42 heavy (non-hydrogen) atoms. The number of rotatable bonds is 8. The minimum absolute atomic E-state index is 0.113. The van der Waals surface area contributed by atoms with Crippen molar-refractivity contribution in [1.82, 2.24) is 10.1 Å². The van der Waals surface area contributed by atoms with Gasteiger partial charge < -0.3 is 0 Å². The van der Waals surface area contributed by atoms with Crippen molar-refractivity contribution in [2.75, 3.05) is 9.73 Å². The molecule has 3 aromatic carbocycles. The van der Waals surface area contributed by atoms with E-state index in [0.29, 0.717) is 5.92 Å². The van der Waals surface area contributed by atoms with Gasteiger partial charge in [-0.15, -0.1) is 0 Å². The Balaban J connectivity index is 1.35. The van der Waals surface area contributed by atoms with E-state index in [0.717, 1.165) is 18.9 Å². The fourth-order valence-corrected chi connectivity index (χ4v) is 7.77. The standard InChI is InChI=1S/C26H23Cl4N5O5S2/c1-14-7-16(8-14)34-42(39,40)18-4-2-3-17(10-18)41(37,38)33-15-5-6-19(27)23(9-15)31-25-13-26(36)35(32-25)24-12-21(29)20(28)11-22(24)30/h2-6,9-12,14,16,33-34H,7-8,13H2,1H3,(H,31,32). The van der Waals surface area contributed by atoms with E-state index in [1.54, 1.807) is 0 Å². The molecule has 1 saturated carbocycles. The van der Waals surface area contributed by atoms with Crippen LogP contribution in [0.15, 0.2) is 69.4 Å². The molecule has 2 fully saturated rings. The molecule has 3 aromatic rings. The van der Waals surface area contributed by atoms with Crippen LogP contribution in [0.5, 0.6) is 0 Å². The van der Waals surface area contributed by atoms with Crippen LogP contribution in [0.1, 0.15) is 26.2 Å². The predicted octanol–water partition coefficient (Wildman–Crippen LogP) is 6.15. The van der Waals surface area contributed by atoms with Gasteiger partial charge in [-0.3, -0.25) is 14.9 Å². The number of hydrogen-bond acceptors (Lipinski definition) is 6. The zero-order chi connectivity index (χ0) is 30.4. The van der Waals surface area contributed by atoms with Gasteiger partial charge in [0.15, 0.2) is 0 Å². The minimum atomic E-state index is -4.20. The number of carbonyl (C=O) groups excluding carboxylic acids is 1. The monoisotopic (exact) mass is 689 g/mol. The lowest BCUT2D eigenvalue weighted by atomic mass is 9.83. The molecule has 0 bridgehead atoms. The molecule has 2 aliphatic rings. The Morgan fingerprint density at radius 1 is 0.857 bits per heavy atom. The molecule has 0 atom stereocenters. The zero-order valence-electron chi connectivity index (χ0n) is 21.7. The molecule has 0 unspecified atom stereocenters. The van der Waals surface area contributed by atoms with Crippen molar-refractivity contribution >= 4 is 95.3 Å². The summed E-state index contributed by atoms with van der Waals surface area (Å²) in [5.41, 5.74) is 3.40. The van der Waals surface area contributed by atoms with Crippen LogP contribution in [0.25, 0.3) is 0 Å². The van der Waals surface area contributed by atoms with Gasteiger partial charge in [0, 0.05) is 6.04 Å². The van der Waals surface area contributed by atoms with E-state index in [9.17, 15) is 21.6 Å². The van der Waals surface area contributed by atoms with Crippen LogP contribution in [0, 0.1) is 5.92 Å². The zero-order valence-corrected chi connectivity index (χ0v) is 26.4. The topological polar surface area (TPSA) is 137 Å². The normalized spacial score (nSPS) is 20.0. The molecule has 0 aromatic heterocycles. The highest BCUT2D eigenvalue weighted by atomic mass is 35.5. The molecule has 3 N–H and O–H groups in total. The third-order valence-electron chi connectivity index (χ3n) is 6.62. The fraction of sp³-hybridized carbons (Fsp3) is 0.231. The molecule has 5 rings (SSSR count). The van der Waals surface area contributed by atoms with E-state index < -0.39 is 20.0 Å². The number of aliphatic imine (C=N–C) groups is 1. The number of anilines is 2. The molecule has 1 heterocycles. The Hall–Kier alpha value is -2.58. The Kier molecular flexibility index (Phi) is 8.70. The Bertz CT molecular complexity index is 1830. The van der Waals surface area contributed by atoms with Gasteiger partial charge in [-0.05, 0) is 67.3 Å². The van der Waals surface area contributed by atoms with Crippen LogP contribution < -0.4 is 19.9 Å². The maximum Gasteiger partial charge on any atom is 0.261 e. The van der Waals surface area contributed by atoms with Crippen molar-refractivity contribution in [2.24, 2.45) is 10.9 Å². The number of halogens is 4. The Morgan fingerprint density at radius 2 is 1.52 bits per heavy atom. The van der Waals surface area contributed by atoms with Gasteiger partial charge >= 0.3 is 0 Å². The quantitative estimate of drug-likeness (QED) is 0.243. The number of benzene rings is 3. The molecular weight excluding hydrogens is 668 g/mol. The first-order chi connectivity index (χ1) is 19.7. The highest BCUT2D eigenvalue weighted by Gasteiger charge is 2.31. The lowest BCUT2D eigenvalue weighted by Crippen LogP contribution is -2.43. The third kappa shape index (κ3) is 6.65. The first kappa shape index (κ1) is 30.9. The lowest BCUT2D eigenvalue weighted by Gasteiger charge is -2.32. The molecular formula is C26H23Cl4N5O5S2. The van der Waals surface area contributed by atoms with Gasteiger partial charge in [0.05, 0.1) is 53.4 Å². The van der Waals surface area contributed by atoms with Crippen LogP contribution in [0.2, 0.25) is 20.1 Å². The number of nitrogens with one attached hydrogen (secondary N) is 3. The van der Waals surface area contributed by atoms with Gasteiger partial charge in [-0.25, -0.2) is 31.6 Å². The lowest BCUT2D eigenvalue weighted by molar-refractivity contribution is -0.116. The first-order valence-corrected chi connectivity index (χ1v) is 17.0. The molecule has 222 valence electrons. The summed E-state index contributed by atoms with van der Waals surface area (Å²) >= 11 is 24.6. The summed E-state index contributed by atoms with van der Waals surface area (Å²) in [5.74, 6) is 0.279. The van der Waals surface area contributed by atoms with Gasteiger partial charge in [0.25, 0.3) is 15.9 Å². The number of nitrogens with zero attached hydrogens (tertiary/aromatic N) is 2. The van der Waals surface area contributed by atoms with Crippen molar-refractivity contribution in [3.8, 4) is 0 Å². The van der Waals surface area contributed by atoms with E-state index in [4.69, 9.17) is 46.4 Å². The minimum Gasteiger partial charge on any atom is -0.280 e. The van der Waals surface area contributed by atoms with E-state index >= 15 is 0 Å². The number of hydrogen-bond donors (Lipinski definition) is 3.